The van der Waals surface area contributed by atoms with Crippen molar-refractivity contribution in [3.63, 3.8) is 0 Å². The summed E-state index contributed by atoms with van der Waals surface area (Å²) in [7, 11) is 0. The molecule has 0 amide bonds. The van der Waals surface area contributed by atoms with Crippen LogP contribution in [0.25, 0.3) is 20.7 Å². The van der Waals surface area contributed by atoms with Gasteiger partial charge >= 0.3 is 0 Å². The van der Waals surface area contributed by atoms with Gasteiger partial charge < -0.3 is 0 Å². The number of rotatable bonds is 2. The highest BCUT2D eigenvalue weighted by Crippen LogP contribution is 2.32. The van der Waals surface area contributed by atoms with Gasteiger partial charge in [-0.1, -0.05) is 18.2 Å². The molecule has 0 aliphatic rings. The molecule has 0 saturated heterocycles. The minimum absolute atomic E-state index is 0.0138. The fourth-order valence-electron chi connectivity index (χ4n) is 1.75. The lowest BCUT2D eigenvalue weighted by molar-refractivity contribution is -0.385. The Labute approximate surface area is 107 Å². The van der Waals surface area contributed by atoms with E-state index in [1.807, 2.05) is 24.3 Å². The molecule has 0 fully saturated rings. The van der Waals surface area contributed by atoms with E-state index in [9.17, 15) is 10.1 Å². The first-order chi connectivity index (χ1) is 8.74. The lowest BCUT2D eigenvalue weighted by atomic mass is 10.2. The highest BCUT2D eigenvalue weighted by Gasteiger charge is 2.08. The third-order valence-corrected chi connectivity index (χ3v) is 3.78. The zero-order chi connectivity index (χ0) is 12.5. The van der Waals surface area contributed by atoms with Crippen LogP contribution in [0, 0.1) is 10.1 Å². The predicted molar refractivity (Wildman–Crippen MR) is 71.7 cm³/mol. The Morgan fingerprint density at radius 1 is 1.17 bits per heavy atom. The van der Waals surface area contributed by atoms with Crippen LogP contribution < -0.4 is 0 Å². The Morgan fingerprint density at radius 2 is 2.00 bits per heavy atom. The third kappa shape index (κ3) is 1.84. The third-order valence-electron chi connectivity index (χ3n) is 2.64. The zero-order valence-corrected chi connectivity index (χ0v) is 10.1. The first-order valence-corrected chi connectivity index (χ1v) is 6.15. The van der Waals surface area contributed by atoms with Gasteiger partial charge in [-0.15, -0.1) is 11.3 Å². The number of hydrogen-bond acceptors (Lipinski definition) is 4. The molecule has 5 heteroatoms. The van der Waals surface area contributed by atoms with Crippen LogP contribution in [0.4, 0.5) is 5.69 Å². The van der Waals surface area contributed by atoms with Gasteiger partial charge in [0.05, 0.1) is 15.5 Å². The monoisotopic (exact) mass is 256 g/mol. The molecular weight excluding hydrogens is 248 g/mol. The van der Waals surface area contributed by atoms with Crippen molar-refractivity contribution in [2.24, 2.45) is 0 Å². The van der Waals surface area contributed by atoms with Crippen LogP contribution in [0.2, 0.25) is 0 Å². The molecule has 88 valence electrons. The van der Waals surface area contributed by atoms with Crippen molar-refractivity contribution in [2.75, 3.05) is 0 Å². The lowest BCUT2D eigenvalue weighted by Crippen LogP contribution is -1.89. The van der Waals surface area contributed by atoms with Gasteiger partial charge in [-0.3, -0.25) is 10.1 Å². The average molecular weight is 256 g/mol. The molecule has 0 aliphatic heterocycles. The molecular formula is C13H8N2O2S. The van der Waals surface area contributed by atoms with Crippen molar-refractivity contribution in [1.29, 1.82) is 0 Å². The maximum atomic E-state index is 10.6. The normalized spacial score (nSPS) is 10.7. The molecule has 2 aromatic heterocycles. The van der Waals surface area contributed by atoms with Gasteiger partial charge in [0, 0.05) is 10.8 Å². The van der Waals surface area contributed by atoms with E-state index in [-0.39, 0.29) is 5.69 Å². The van der Waals surface area contributed by atoms with E-state index >= 15 is 0 Å². The van der Waals surface area contributed by atoms with E-state index in [2.05, 4.69) is 11.1 Å². The minimum atomic E-state index is -0.443. The molecule has 0 radical (unpaired) electrons. The van der Waals surface area contributed by atoms with Gasteiger partial charge in [0.25, 0.3) is 5.69 Å². The number of aromatic nitrogens is 1. The van der Waals surface area contributed by atoms with Crippen LogP contribution in [-0.4, -0.2) is 9.91 Å². The Kier molecular flexibility index (Phi) is 2.53. The number of benzene rings is 1. The van der Waals surface area contributed by atoms with Gasteiger partial charge in [-0.05, 0) is 23.6 Å². The molecule has 4 nitrogen and oxygen atoms in total. The second-order valence-electron chi connectivity index (χ2n) is 3.81. The van der Waals surface area contributed by atoms with E-state index in [4.69, 9.17) is 0 Å². The molecule has 0 atom stereocenters. The Balaban J connectivity index is 2.06. The zero-order valence-electron chi connectivity index (χ0n) is 9.24. The van der Waals surface area contributed by atoms with E-state index in [1.54, 1.807) is 17.4 Å². The van der Waals surface area contributed by atoms with Gasteiger partial charge in [-0.25, -0.2) is 4.98 Å². The molecule has 0 N–H and O–H groups in total. The van der Waals surface area contributed by atoms with Crippen LogP contribution in [0.3, 0.4) is 0 Å². The van der Waals surface area contributed by atoms with Crippen molar-refractivity contribution < 1.29 is 4.92 Å². The van der Waals surface area contributed by atoms with Gasteiger partial charge in [0.15, 0.2) is 0 Å². The Morgan fingerprint density at radius 3 is 2.67 bits per heavy atom. The average Bonchev–Trinajstić information content (AvgIpc) is 2.82. The maximum absolute atomic E-state index is 10.6. The van der Waals surface area contributed by atoms with Crippen LogP contribution >= 0.6 is 11.3 Å². The summed E-state index contributed by atoms with van der Waals surface area (Å²) >= 11 is 1.63. The molecule has 3 aromatic rings. The Hall–Kier alpha value is -2.27. The lowest BCUT2D eigenvalue weighted by Gasteiger charge is -1.95. The number of nitro groups is 1. The van der Waals surface area contributed by atoms with E-state index < -0.39 is 4.92 Å². The van der Waals surface area contributed by atoms with Crippen molar-refractivity contribution in [1.82, 2.24) is 4.98 Å². The van der Waals surface area contributed by atoms with Gasteiger partial charge in [-0.2, -0.15) is 0 Å². The number of pyridine rings is 1. The largest absolute Gasteiger partial charge is 0.287 e. The topological polar surface area (TPSA) is 56.0 Å². The summed E-state index contributed by atoms with van der Waals surface area (Å²) in [5.74, 6) is 0. The summed E-state index contributed by atoms with van der Waals surface area (Å²) in [6.07, 6.45) is 1.29. The highest BCUT2D eigenvalue weighted by atomic mass is 32.1. The fraction of sp³-hybridized carbons (Fsp3) is 0. The summed E-state index contributed by atoms with van der Waals surface area (Å²) in [4.78, 5) is 15.3. The molecule has 3 rings (SSSR count). The summed E-state index contributed by atoms with van der Waals surface area (Å²) in [6.45, 7) is 0. The van der Waals surface area contributed by atoms with Crippen molar-refractivity contribution in [3.8, 4) is 10.6 Å². The standard InChI is InChI=1S/C13H8N2O2S/c16-15(17)10-5-6-11(14-8-10)13-7-9-3-1-2-4-12(9)18-13/h1-8H. The van der Waals surface area contributed by atoms with Crippen LogP contribution in [0.15, 0.2) is 48.7 Å². The second-order valence-corrected chi connectivity index (χ2v) is 4.89. The predicted octanol–water partition coefficient (Wildman–Crippen LogP) is 3.87. The molecule has 0 aliphatic carbocycles. The van der Waals surface area contributed by atoms with E-state index in [0.29, 0.717) is 0 Å². The van der Waals surface area contributed by atoms with E-state index in [0.717, 1.165) is 16.0 Å². The van der Waals surface area contributed by atoms with Gasteiger partial charge in [0.2, 0.25) is 0 Å². The summed E-state index contributed by atoms with van der Waals surface area (Å²) < 4.78 is 1.19. The van der Waals surface area contributed by atoms with Crippen LogP contribution in [0.5, 0.6) is 0 Å². The second kappa shape index (κ2) is 4.19. The fourth-order valence-corrected chi connectivity index (χ4v) is 2.79. The highest BCUT2D eigenvalue weighted by molar-refractivity contribution is 7.22. The molecule has 0 bridgehead atoms. The minimum Gasteiger partial charge on any atom is -0.258 e. The first kappa shape index (κ1) is 10.9. The molecule has 1 aromatic carbocycles. The van der Waals surface area contributed by atoms with E-state index in [1.165, 1.54) is 17.0 Å². The van der Waals surface area contributed by atoms with Crippen molar-refractivity contribution in [2.45, 2.75) is 0 Å². The van der Waals surface area contributed by atoms with Crippen molar-refractivity contribution >= 4 is 27.1 Å². The van der Waals surface area contributed by atoms with Gasteiger partial charge in [0.1, 0.15) is 6.20 Å². The first-order valence-electron chi connectivity index (χ1n) is 5.33. The molecule has 0 unspecified atom stereocenters. The number of nitrogens with zero attached hydrogens (tertiary/aromatic N) is 2. The quantitative estimate of drug-likeness (QED) is 0.516. The summed E-state index contributed by atoms with van der Waals surface area (Å²) in [6, 6.07) is 13.3. The molecule has 18 heavy (non-hydrogen) atoms. The Bertz CT molecular complexity index is 686. The van der Waals surface area contributed by atoms with Crippen LogP contribution in [0.1, 0.15) is 0 Å². The number of hydrogen-bond donors (Lipinski definition) is 0. The molecule has 2 heterocycles. The summed E-state index contributed by atoms with van der Waals surface area (Å²) in [5, 5.41) is 11.7. The van der Waals surface area contributed by atoms with Crippen LogP contribution in [-0.2, 0) is 0 Å². The SMILES string of the molecule is O=[N+]([O-])c1ccc(-c2cc3ccccc3s2)nc1. The molecule has 0 saturated carbocycles. The van der Waals surface area contributed by atoms with Crippen molar-refractivity contribution in [3.05, 3.63) is 58.8 Å². The number of thiophene rings is 1. The molecule has 0 spiro atoms. The summed E-state index contributed by atoms with van der Waals surface area (Å²) in [5.41, 5.74) is 0.779. The smallest absolute Gasteiger partial charge is 0.258 e. The maximum Gasteiger partial charge on any atom is 0.287 e. The number of fused-ring (bicyclic) bond motifs is 1.